The van der Waals surface area contributed by atoms with Gasteiger partial charge in [-0.05, 0) is 37.5 Å². The Labute approximate surface area is 689 Å². The van der Waals surface area contributed by atoms with Gasteiger partial charge in [0.2, 0.25) is 0 Å². The molecule has 0 aromatic rings. The van der Waals surface area contributed by atoms with Gasteiger partial charge in [-0.15, -0.1) is 0 Å². The molecule has 0 aromatic carbocycles. The van der Waals surface area contributed by atoms with E-state index in [0.29, 0.717) is 25.7 Å². The van der Waals surface area contributed by atoms with Crippen molar-refractivity contribution < 1.29 is 80.2 Å². The largest absolute Gasteiger partial charge is 0.472 e. The lowest BCUT2D eigenvalue weighted by Crippen LogP contribution is -2.30. The number of phosphoric ester groups is 2. The molecule has 19 heteroatoms. The zero-order valence-electron chi connectivity index (χ0n) is 74.0. The first-order chi connectivity index (χ1) is 54.4. The summed E-state index contributed by atoms with van der Waals surface area (Å²) in [5.74, 6) is -0.496. The predicted molar refractivity (Wildman–Crippen MR) is 465 cm³/mol. The molecule has 0 heterocycles. The summed E-state index contributed by atoms with van der Waals surface area (Å²) >= 11 is 0. The first-order valence-corrected chi connectivity index (χ1v) is 51.0. The molecule has 17 nitrogen and oxygen atoms in total. The third kappa shape index (κ3) is 84.5. The molecule has 3 N–H and O–H groups in total. The summed E-state index contributed by atoms with van der Waals surface area (Å²) in [7, 11) is -9.94. The topological polar surface area (TPSA) is 237 Å². The summed E-state index contributed by atoms with van der Waals surface area (Å²) < 4.78 is 69.2. The molecule has 0 spiro atoms. The van der Waals surface area contributed by atoms with Crippen LogP contribution in [0.5, 0.6) is 0 Å². The number of aliphatic hydroxyl groups is 1. The maximum Gasteiger partial charge on any atom is 0.472 e. The zero-order chi connectivity index (χ0) is 82.0. The number of aliphatic hydroxyl groups excluding tert-OH is 1. The number of esters is 4. The van der Waals surface area contributed by atoms with Crippen LogP contribution in [0, 0.1) is 11.8 Å². The summed E-state index contributed by atoms with van der Waals surface area (Å²) in [5.41, 5.74) is 0. The standard InChI is InChI=1S/C93H182O17P2/c1-7-10-12-14-16-18-20-22-24-26-28-30-34-38-42-46-50-57-63-69-75-90(95)103-81-88(109-92(97)77-71-66-60-52-48-44-40-36-32-31-33-37-41-45-49-55-61-67-73-85(4)5)83-107-111(99,100)105-79-87(94)80-106-112(101,102)108-84-89(82-104-91(96)76-70-64-58-54-53-56-62-68-74-86(6)9-3)110-93(98)78-72-65-59-51-47-43-39-35-29-27-25-23-21-19-17-15-13-11-8-2/h85-89,94H,7-84H2,1-6H3,(H,99,100)(H,101,102)/t86?,87-,88-,89-/m1/s1. The first-order valence-electron chi connectivity index (χ1n) is 48.0. The molecule has 666 valence electrons. The van der Waals surface area contributed by atoms with Crippen LogP contribution in [0.4, 0.5) is 0 Å². The minimum Gasteiger partial charge on any atom is -0.462 e. The summed E-state index contributed by atoms with van der Waals surface area (Å²) in [6.07, 6.45) is 79.3. The van der Waals surface area contributed by atoms with Gasteiger partial charge < -0.3 is 33.8 Å². The zero-order valence-corrected chi connectivity index (χ0v) is 75.8. The maximum atomic E-state index is 13.2. The molecule has 0 aliphatic carbocycles. The molecule has 0 aromatic heterocycles. The first kappa shape index (κ1) is 110. The fourth-order valence-corrected chi connectivity index (χ4v) is 16.2. The number of phosphoric acid groups is 2. The molecule has 0 radical (unpaired) electrons. The van der Waals surface area contributed by atoms with E-state index in [9.17, 15) is 43.2 Å². The normalized spacial score (nSPS) is 13.9. The van der Waals surface area contributed by atoms with E-state index >= 15 is 0 Å². The van der Waals surface area contributed by atoms with Crippen molar-refractivity contribution in [1.29, 1.82) is 0 Å². The number of hydrogen-bond acceptors (Lipinski definition) is 15. The minimum absolute atomic E-state index is 0.109. The van der Waals surface area contributed by atoms with Crippen LogP contribution < -0.4 is 0 Å². The highest BCUT2D eigenvalue weighted by Gasteiger charge is 2.31. The van der Waals surface area contributed by atoms with Gasteiger partial charge in [-0.25, -0.2) is 9.13 Å². The van der Waals surface area contributed by atoms with Crippen molar-refractivity contribution in [2.45, 2.75) is 522 Å². The van der Waals surface area contributed by atoms with Gasteiger partial charge >= 0.3 is 39.5 Å². The average molecular weight is 1630 g/mol. The Bertz CT molecular complexity index is 2130. The van der Waals surface area contributed by atoms with Crippen LogP contribution >= 0.6 is 15.6 Å². The molecule has 0 bridgehead atoms. The minimum atomic E-state index is -4.97. The Hall–Kier alpha value is -1.94. The Morgan fingerprint density at radius 2 is 0.455 bits per heavy atom. The van der Waals surface area contributed by atoms with Crippen LogP contribution in [0.15, 0.2) is 0 Å². The van der Waals surface area contributed by atoms with Crippen molar-refractivity contribution in [2.24, 2.45) is 11.8 Å². The van der Waals surface area contributed by atoms with Gasteiger partial charge in [-0.1, -0.05) is 452 Å². The highest BCUT2D eigenvalue weighted by molar-refractivity contribution is 7.47. The van der Waals surface area contributed by atoms with E-state index in [0.717, 1.165) is 102 Å². The maximum absolute atomic E-state index is 13.2. The quantitative estimate of drug-likeness (QED) is 0.0222. The molecule has 6 atom stereocenters. The van der Waals surface area contributed by atoms with Gasteiger partial charge in [0, 0.05) is 25.7 Å². The molecule has 0 amide bonds. The Morgan fingerprint density at radius 1 is 0.259 bits per heavy atom. The van der Waals surface area contributed by atoms with Crippen LogP contribution in [-0.4, -0.2) is 96.7 Å². The summed E-state index contributed by atoms with van der Waals surface area (Å²) in [5, 5.41) is 10.7. The number of hydrogen-bond donors (Lipinski definition) is 3. The van der Waals surface area contributed by atoms with Gasteiger partial charge in [0.05, 0.1) is 26.4 Å². The lowest BCUT2D eigenvalue weighted by Gasteiger charge is -2.21. The van der Waals surface area contributed by atoms with Crippen molar-refractivity contribution in [3.05, 3.63) is 0 Å². The molecular weight excluding hydrogens is 1450 g/mol. The third-order valence-electron chi connectivity index (χ3n) is 22.3. The highest BCUT2D eigenvalue weighted by atomic mass is 31.2. The Morgan fingerprint density at radius 3 is 0.679 bits per heavy atom. The van der Waals surface area contributed by atoms with E-state index in [2.05, 4.69) is 41.5 Å². The summed E-state index contributed by atoms with van der Waals surface area (Å²) in [6, 6.07) is 0. The molecule has 0 aliphatic rings. The van der Waals surface area contributed by atoms with Crippen LogP contribution in [0.2, 0.25) is 0 Å². The highest BCUT2D eigenvalue weighted by Crippen LogP contribution is 2.45. The fraction of sp³-hybridized carbons (Fsp3) is 0.957. The smallest absolute Gasteiger partial charge is 0.462 e. The molecule has 0 saturated heterocycles. The van der Waals surface area contributed by atoms with Gasteiger partial charge in [-0.2, -0.15) is 0 Å². The molecule has 3 unspecified atom stereocenters. The lowest BCUT2D eigenvalue weighted by atomic mass is 9.99. The molecule has 0 fully saturated rings. The average Bonchev–Trinajstić information content (AvgIpc) is 0.898. The number of unbranched alkanes of at least 4 members (excludes halogenated alkanes) is 61. The number of rotatable bonds is 92. The van der Waals surface area contributed by atoms with Crippen LogP contribution in [-0.2, 0) is 65.4 Å². The van der Waals surface area contributed by atoms with E-state index in [1.807, 2.05) is 0 Å². The van der Waals surface area contributed by atoms with Crippen molar-refractivity contribution >= 4 is 39.5 Å². The second-order valence-corrected chi connectivity index (χ2v) is 37.0. The second kappa shape index (κ2) is 84.1. The van der Waals surface area contributed by atoms with E-state index < -0.39 is 97.5 Å². The fourth-order valence-electron chi connectivity index (χ4n) is 14.6. The Balaban J connectivity index is 5.25. The van der Waals surface area contributed by atoms with Crippen molar-refractivity contribution in [1.82, 2.24) is 0 Å². The van der Waals surface area contributed by atoms with E-state index in [1.54, 1.807) is 0 Å². The van der Waals surface area contributed by atoms with Gasteiger partial charge in [0.15, 0.2) is 12.2 Å². The van der Waals surface area contributed by atoms with Gasteiger partial charge in [-0.3, -0.25) is 37.3 Å². The van der Waals surface area contributed by atoms with Gasteiger partial charge in [0.1, 0.15) is 19.3 Å². The molecule has 0 rings (SSSR count). The van der Waals surface area contributed by atoms with E-state index in [1.165, 1.54) is 321 Å². The van der Waals surface area contributed by atoms with Crippen molar-refractivity contribution in [3.8, 4) is 0 Å². The number of ether oxygens (including phenoxy) is 4. The molecule has 0 aliphatic heterocycles. The summed E-state index contributed by atoms with van der Waals surface area (Å²) in [4.78, 5) is 73.5. The van der Waals surface area contributed by atoms with Crippen LogP contribution in [0.25, 0.3) is 0 Å². The van der Waals surface area contributed by atoms with Crippen molar-refractivity contribution in [3.63, 3.8) is 0 Å². The van der Waals surface area contributed by atoms with E-state index in [-0.39, 0.29) is 25.7 Å². The molecule has 0 saturated carbocycles. The second-order valence-electron chi connectivity index (χ2n) is 34.1. The molecular formula is C93H182O17P2. The van der Waals surface area contributed by atoms with Gasteiger partial charge in [0.25, 0.3) is 0 Å². The predicted octanol–water partition coefficient (Wildman–Crippen LogP) is 29.0. The third-order valence-corrected chi connectivity index (χ3v) is 24.2. The lowest BCUT2D eigenvalue weighted by molar-refractivity contribution is -0.161. The van der Waals surface area contributed by atoms with Crippen molar-refractivity contribution in [2.75, 3.05) is 39.6 Å². The monoisotopic (exact) mass is 1630 g/mol. The molecule has 112 heavy (non-hydrogen) atoms. The van der Waals surface area contributed by atoms with E-state index in [4.69, 9.17) is 37.0 Å². The van der Waals surface area contributed by atoms with Crippen LogP contribution in [0.3, 0.4) is 0 Å². The van der Waals surface area contributed by atoms with Crippen LogP contribution in [0.1, 0.15) is 504 Å². The number of carbonyl (C=O) groups is 4. The number of carbonyl (C=O) groups excluding carboxylic acids is 4. The summed E-state index contributed by atoms with van der Waals surface area (Å²) in [6.45, 7) is 9.76. The Kier molecular flexibility index (Phi) is 82.6. The SMILES string of the molecule is CCCCCCCCCCCCCCCCCCCCCCC(=O)OC[C@H](COP(=O)(O)OC[C@@H](O)COP(=O)(O)OC[C@@H](COC(=O)CCCCCCCCCCC(C)CC)OC(=O)CCCCCCCCCCCCCCCCCCCCC)OC(=O)CCCCCCCCCCCCCCCCCCCCC(C)C.